The van der Waals surface area contributed by atoms with Crippen molar-refractivity contribution in [2.45, 2.75) is 11.3 Å². The Bertz CT molecular complexity index is 675. The van der Waals surface area contributed by atoms with Crippen molar-refractivity contribution in [3.63, 3.8) is 0 Å². The second kappa shape index (κ2) is 9.22. The summed E-state index contributed by atoms with van der Waals surface area (Å²) in [6.07, 6.45) is 1.96. The van der Waals surface area contributed by atoms with Gasteiger partial charge in [-0.25, -0.2) is 5.43 Å². The first-order valence-corrected chi connectivity index (χ1v) is 8.38. The number of carbonyl (C=O) groups excluding carboxylic acids is 1. The topological polar surface area (TPSA) is 50.7 Å². The maximum absolute atomic E-state index is 11.7. The molecule has 1 N–H and O–H groups in total. The number of halogens is 1. The zero-order valence-corrected chi connectivity index (χ0v) is 14.2. The third kappa shape index (κ3) is 5.96. The number of amides is 1. The molecule has 0 aromatic heterocycles. The molecule has 6 heteroatoms. The minimum Gasteiger partial charge on any atom is -0.496 e. The zero-order chi connectivity index (χ0) is 16.5. The van der Waals surface area contributed by atoms with E-state index >= 15 is 0 Å². The van der Waals surface area contributed by atoms with E-state index in [9.17, 15) is 4.79 Å². The third-order valence-corrected chi connectivity index (χ3v) is 4.21. The molecule has 0 saturated carbocycles. The number of benzene rings is 2. The SMILES string of the molecule is COc1ccccc1/C=N\NC(=O)CCSc1ccc(Cl)cc1. The summed E-state index contributed by atoms with van der Waals surface area (Å²) in [7, 11) is 1.60. The van der Waals surface area contributed by atoms with Crippen LogP contribution >= 0.6 is 23.4 Å². The molecule has 4 nitrogen and oxygen atoms in total. The number of methoxy groups -OCH3 is 1. The molecule has 120 valence electrons. The van der Waals surface area contributed by atoms with E-state index in [-0.39, 0.29) is 5.91 Å². The van der Waals surface area contributed by atoms with Crippen LogP contribution in [0.1, 0.15) is 12.0 Å². The van der Waals surface area contributed by atoms with Gasteiger partial charge in [0.1, 0.15) is 5.75 Å². The predicted octanol–water partition coefficient (Wildman–Crippen LogP) is 3.98. The Morgan fingerprint density at radius 2 is 2.00 bits per heavy atom. The van der Waals surface area contributed by atoms with Crippen LogP contribution in [0.3, 0.4) is 0 Å². The first-order valence-electron chi connectivity index (χ1n) is 7.02. The van der Waals surface area contributed by atoms with Crippen LogP contribution in [-0.4, -0.2) is 25.0 Å². The van der Waals surface area contributed by atoms with Crippen molar-refractivity contribution in [2.24, 2.45) is 5.10 Å². The standard InChI is InChI=1S/C17H17ClN2O2S/c1-22-16-5-3-2-4-13(16)12-19-20-17(21)10-11-23-15-8-6-14(18)7-9-15/h2-9,12H,10-11H2,1H3,(H,20,21)/b19-12-. The maximum Gasteiger partial charge on any atom is 0.240 e. The number of hydrogen-bond acceptors (Lipinski definition) is 4. The second-order valence-electron chi connectivity index (χ2n) is 4.59. The number of thioether (sulfide) groups is 1. The molecule has 0 unspecified atom stereocenters. The van der Waals surface area contributed by atoms with Crippen molar-refractivity contribution >= 4 is 35.5 Å². The molecule has 23 heavy (non-hydrogen) atoms. The summed E-state index contributed by atoms with van der Waals surface area (Å²) >= 11 is 7.43. The van der Waals surface area contributed by atoms with Crippen molar-refractivity contribution in [3.05, 3.63) is 59.1 Å². The monoisotopic (exact) mass is 348 g/mol. The van der Waals surface area contributed by atoms with Gasteiger partial charge in [0.2, 0.25) is 5.91 Å². The highest BCUT2D eigenvalue weighted by Crippen LogP contribution is 2.20. The Morgan fingerprint density at radius 1 is 1.26 bits per heavy atom. The molecule has 2 rings (SSSR count). The van der Waals surface area contributed by atoms with Gasteiger partial charge < -0.3 is 4.74 Å². The molecule has 0 heterocycles. The van der Waals surface area contributed by atoms with Crippen LogP contribution < -0.4 is 10.2 Å². The summed E-state index contributed by atoms with van der Waals surface area (Å²) in [5.74, 6) is 1.26. The number of para-hydroxylation sites is 1. The zero-order valence-electron chi connectivity index (χ0n) is 12.7. The first kappa shape index (κ1) is 17.4. The van der Waals surface area contributed by atoms with Crippen molar-refractivity contribution in [1.82, 2.24) is 5.43 Å². The summed E-state index contributed by atoms with van der Waals surface area (Å²) < 4.78 is 5.21. The number of nitrogens with zero attached hydrogens (tertiary/aromatic N) is 1. The van der Waals surface area contributed by atoms with E-state index in [1.807, 2.05) is 48.5 Å². The maximum atomic E-state index is 11.7. The highest BCUT2D eigenvalue weighted by Gasteiger charge is 2.02. The third-order valence-electron chi connectivity index (χ3n) is 2.94. The number of carbonyl (C=O) groups is 1. The number of hydrogen-bond donors (Lipinski definition) is 1. The van der Waals surface area contributed by atoms with E-state index in [1.165, 1.54) is 0 Å². The predicted molar refractivity (Wildman–Crippen MR) is 95.5 cm³/mol. The van der Waals surface area contributed by atoms with Gasteiger partial charge in [-0.3, -0.25) is 4.79 Å². The summed E-state index contributed by atoms with van der Waals surface area (Å²) in [5, 5.41) is 4.66. The van der Waals surface area contributed by atoms with Crippen LogP contribution in [0.5, 0.6) is 5.75 Å². The van der Waals surface area contributed by atoms with Crippen molar-refractivity contribution in [2.75, 3.05) is 12.9 Å². The molecule has 0 aliphatic carbocycles. The van der Waals surface area contributed by atoms with Gasteiger partial charge >= 0.3 is 0 Å². The van der Waals surface area contributed by atoms with Gasteiger partial charge in [-0.2, -0.15) is 5.10 Å². The molecule has 0 aliphatic heterocycles. The van der Waals surface area contributed by atoms with Gasteiger partial charge in [-0.15, -0.1) is 11.8 Å². The van der Waals surface area contributed by atoms with E-state index < -0.39 is 0 Å². The van der Waals surface area contributed by atoms with Gasteiger partial charge in [-0.05, 0) is 36.4 Å². The van der Waals surface area contributed by atoms with Gasteiger partial charge in [0.25, 0.3) is 0 Å². The Balaban J connectivity index is 1.74. The van der Waals surface area contributed by atoms with Crippen LogP contribution in [0.15, 0.2) is 58.5 Å². The average Bonchev–Trinajstić information content (AvgIpc) is 2.57. The lowest BCUT2D eigenvalue weighted by atomic mass is 10.2. The van der Waals surface area contributed by atoms with Crippen molar-refractivity contribution in [3.8, 4) is 5.75 Å². The van der Waals surface area contributed by atoms with Gasteiger partial charge in [0.05, 0.1) is 13.3 Å². The molecule has 2 aromatic carbocycles. The Morgan fingerprint density at radius 3 is 2.74 bits per heavy atom. The summed E-state index contributed by atoms with van der Waals surface area (Å²) in [6.45, 7) is 0. The number of ether oxygens (including phenoxy) is 1. The minimum absolute atomic E-state index is 0.127. The molecule has 0 spiro atoms. The fraction of sp³-hybridized carbons (Fsp3) is 0.176. The molecule has 0 fully saturated rings. The van der Waals surface area contributed by atoms with Crippen LogP contribution in [0, 0.1) is 0 Å². The molecular weight excluding hydrogens is 332 g/mol. The van der Waals surface area contributed by atoms with E-state index in [2.05, 4.69) is 10.5 Å². The first-order chi connectivity index (χ1) is 11.2. The summed E-state index contributed by atoms with van der Waals surface area (Å²) in [6, 6.07) is 15.0. The molecule has 0 bridgehead atoms. The normalized spacial score (nSPS) is 10.7. The highest BCUT2D eigenvalue weighted by atomic mass is 35.5. The van der Waals surface area contributed by atoms with Gasteiger partial charge in [-0.1, -0.05) is 23.7 Å². The lowest BCUT2D eigenvalue weighted by molar-refractivity contribution is -0.120. The molecular formula is C17H17ClN2O2S. The minimum atomic E-state index is -0.127. The van der Waals surface area contributed by atoms with E-state index in [0.717, 1.165) is 10.5 Å². The summed E-state index contributed by atoms with van der Waals surface area (Å²) in [5.41, 5.74) is 3.33. The Labute approximate surface area is 144 Å². The Kier molecular flexibility index (Phi) is 6.97. The quantitative estimate of drug-likeness (QED) is 0.467. The lowest BCUT2D eigenvalue weighted by Crippen LogP contribution is -2.17. The molecule has 0 saturated heterocycles. The van der Waals surface area contributed by atoms with Gasteiger partial charge in [0.15, 0.2) is 0 Å². The lowest BCUT2D eigenvalue weighted by Gasteiger charge is -2.03. The number of rotatable bonds is 7. The van der Waals surface area contributed by atoms with Crippen LogP contribution in [0.25, 0.3) is 0 Å². The van der Waals surface area contributed by atoms with E-state index in [1.54, 1.807) is 25.1 Å². The van der Waals surface area contributed by atoms with Gasteiger partial charge in [0, 0.05) is 27.7 Å². The second-order valence-corrected chi connectivity index (χ2v) is 6.19. The number of hydrazone groups is 1. The van der Waals surface area contributed by atoms with Crippen LogP contribution in [0.4, 0.5) is 0 Å². The van der Waals surface area contributed by atoms with Crippen molar-refractivity contribution in [1.29, 1.82) is 0 Å². The smallest absolute Gasteiger partial charge is 0.240 e. The molecule has 1 amide bonds. The fourth-order valence-corrected chi connectivity index (χ4v) is 2.77. The van der Waals surface area contributed by atoms with Crippen LogP contribution in [-0.2, 0) is 4.79 Å². The number of nitrogens with one attached hydrogen (secondary N) is 1. The molecule has 0 radical (unpaired) electrons. The highest BCUT2D eigenvalue weighted by molar-refractivity contribution is 7.99. The molecule has 0 atom stereocenters. The molecule has 2 aromatic rings. The molecule has 0 aliphatic rings. The Hall–Kier alpha value is -1.98. The van der Waals surface area contributed by atoms with Crippen molar-refractivity contribution < 1.29 is 9.53 Å². The largest absolute Gasteiger partial charge is 0.496 e. The summed E-state index contributed by atoms with van der Waals surface area (Å²) in [4.78, 5) is 12.8. The van der Waals surface area contributed by atoms with E-state index in [4.69, 9.17) is 16.3 Å². The average molecular weight is 349 g/mol. The van der Waals surface area contributed by atoms with Crippen LogP contribution in [0.2, 0.25) is 5.02 Å². The fourth-order valence-electron chi connectivity index (χ4n) is 1.80. The van der Waals surface area contributed by atoms with E-state index in [0.29, 0.717) is 22.9 Å².